The monoisotopic (exact) mass is 148 g/mol. The molecule has 1 aliphatic rings. The lowest BCUT2D eigenvalue weighted by molar-refractivity contribution is -0.0141. The lowest BCUT2D eigenvalue weighted by Gasteiger charge is -2.20. The van der Waals surface area contributed by atoms with Crippen LogP contribution in [0.4, 0.5) is 5.69 Å². The molecule has 2 N–H and O–H groups in total. The summed E-state index contributed by atoms with van der Waals surface area (Å²) in [6.07, 6.45) is 3.40. The van der Waals surface area contributed by atoms with Crippen LogP contribution in [0.5, 0.6) is 0 Å². The third-order valence-corrected chi connectivity index (χ3v) is 1.59. The number of hydroxylamine groups is 1. The van der Waals surface area contributed by atoms with Crippen LogP contribution in [0.15, 0.2) is 30.5 Å². The average molecular weight is 148 g/mol. The quantitative estimate of drug-likeness (QED) is 0.587. The van der Waals surface area contributed by atoms with Gasteiger partial charge in [-0.05, 0) is 12.1 Å². The lowest BCUT2D eigenvalue weighted by atomic mass is 10.1. The molecule has 0 aromatic heterocycles. The first-order chi connectivity index (χ1) is 5.36. The predicted octanol–water partition coefficient (Wildman–Crippen LogP) is 1.69. The summed E-state index contributed by atoms with van der Waals surface area (Å²) in [5.41, 5.74) is 4.76. The molecule has 0 unspecified atom stereocenters. The Morgan fingerprint density at radius 1 is 1.27 bits per heavy atom. The van der Waals surface area contributed by atoms with Crippen molar-refractivity contribution in [3.8, 4) is 0 Å². The highest BCUT2D eigenvalue weighted by molar-refractivity contribution is 5.68. The highest BCUT2D eigenvalue weighted by Gasteiger charge is 2.04. The summed E-state index contributed by atoms with van der Waals surface area (Å²) >= 11 is 0. The highest BCUT2D eigenvalue weighted by atomic mass is 16.5. The van der Waals surface area contributed by atoms with Gasteiger partial charge in [-0.2, -0.15) is 5.17 Å². The van der Waals surface area contributed by atoms with Gasteiger partial charge < -0.3 is 0 Å². The Labute approximate surface area is 64.5 Å². The van der Waals surface area contributed by atoms with E-state index in [0.29, 0.717) is 0 Å². The summed E-state index contributed by atoms with van der Waals surface area (Å²) in [5, 5.41) is 9.92. The van der Waals surface area contributed by atoms with Gasteiger partial charge in [0.05, 0.1) is 11.9 Å². The molecule has 3 nitrogen and oxygen atoms in total. The van der Waals surface area contributed by atoms with E-state index < -0.39 is 0 Å². The standard InChI is InChI=1S/C8H8N2O/c11-10-6-5-7-3-1-2-4-8(7)9-10/h1-6,9,11H. The molecule has 0 amide bonds. The maximum absolute atomic E-state index is 8.99. The van der Waals surface area contributed by atoms with E-state index in [-0.39, 0.29) is 0 Å². The topological polar surface area (TPSA) is 35.5 Å². The van der Waals surface area contributed by atoms with Crippen LogP contribution >= 0.6 is 0 Å². The van der Waals surface area contributed by atoms with Gasteiger partial charge in [-0.25, -0.2) is 0 Å². The highest BCUT2D eigenvalue weighted by Crippen LogP contribution is 2.20. The summed E-state index contributed by atoms with van der Waals surface area (Å²) in [4.78, 5) is 0. The number of anilines is 1. The Bertz CT molecular complexity index is 296. The fourth-order valence-electron chi connectivity index (χ4n) is 1.06. The number of rotatable bonds is 0. The second-order valence-electron chi connectivity index (χ2n) is 2.36. The number of para-hydroxylation sites is 1. The van der Waals surface area contributed by atoms with E-state index in [1.54, 1.807) is 6.20 Å². The molecule has 0 aliphatic carbocycles. The maximum atomic E-state index is 8.99. The molecule has 0 fully saturated rings. The summed E-state index contributed by atoms with van der Waals surface area (Å²) in [6, 6.07) is 7.75. The van der Waals surface area contributed by atoms with E-state index in [9.17, 15) is 0 Å². The molecule has 1 aliphatic heterocycles. The van der Waals surface area contributed by atoms with Crippen molar-refractivity contribution in [1.82, 2.24) is 5.17 Å². The molecule has 2 rings (SSSR count). The SMILES string of the molecule is ON1C=Cc2ccccc2N1. The summed E-state index contributed by atoms with van der Waals surface area (Å²) < 4.78 is 0. The van der Waals surface area contributed by atoms with Crippen molar-refractivity contribution in [2.75, 3.05) is 5.43 Å². The van der Waals surface area contributed by atoms with Gasteiger partial charge in [-0.15, -0.1) is 0 Å². The zero-order chi connectivity index (χ0) is 7.68. The number of hydrazine groups is 1. The number of benzene rings is 1. The zero-order valence-corrected chi connectivity index (χ0v) is 5.86. The molecule has 0 radical (unpaired) electrons. The summed E-state index contributed by atoms with van der Waals surface area (Å²) in [5.74, 6) is 0. The van der Waals surface area contributed by atoms with Crippen molar-refractivity contribution >= 4 is 11.8 Å². The van der Waals surface area contributed by atoms with E-state index in [4.69, 9.17) is 5.21 Å². The molecule has 0 atom stereocenters. The number of nitrogens with zero attached hydrogens (tertiary/aromatic N) is 1. The van der Waals surface area contributed by atoms with Gasteiger partial charge in [0.15, 0.2) is 0 Å². The van der Waals surface area contributed by atoms with Crippen molar-refractivity contribution in [3.05, 3.63) is 36.0 Å². The molecule has 0 spiro atoms. The molecule has 1 heterocycles. The first-order valence-corrected chi connectivity index (χ1v) is 3.38. The fraction of sp³-hybridized carbons (Fsp3) is 0. The normalized spacial score (nSPS) is 14.1. The summed E-state index contributed by atoms with van der Waals surface area (Å²) in [6.45, 7) is 0. The molecule has 0 bridgehead atoms. The van der Waals surface area contributed by atoms with Crippen molar-refractivity contribution in [1.29, 1.82) is 0 Å². The van der Waals surface area contributed by atoms with Crippen LogP contribution in [-0.2, 0) is 0 Å². The van der Waals surface area contributed by atoms with Crippen LogP contribution in [0.3, 0.4) is 0 Å². The van der Waals surface area contributed by atoms with Crippen LogP contribution < -0.4 is 5.43 Å². The largest absolute Gasteiger partial charge is 0.275 e. The fourth-order valence-corrected chi connectivity index (χ4v) is 1.06. The third-order valence-electron chi connectivity index (χ3n) is 1.59. The van der Waals surface area contributed by atoms with Gasteiger partial charge in [0.25, 0.3) is 0 Å². The minimum atomic E-state index is 0.914. The molecular formula is C8H8N2O. The molecule has 1 aromatic carbocycles. The lowest BCUT2D eigenvalue weighted by Crippen LogP contribution is -2.22. The average Bonchev–Trinajstić information content (AvgIpc) is 2.04. The number of hydrogen-bond donors (Lipinski definition) is 2. The number of fused-ring (bicyclic) bond motifs is 1. The third kappa shape index (κ3) is 1.06. The minimum absolute atomic E-state index is 0.914. The second kappa shape index (κ2) is 2.29. The first kappa shape index (κ1) is 6.24. The van der Waals surface area contributed by atoms with Crippen molar-refractivity contribution < 1.29 is 5.21 Å². The molecule has 3 heteroatoms. The van der Waals surface area contributed by atoms with Gasteiger partial charge in [-0.1, -0.05) is 18.2 Å². The van der Waals surface area contributed by atoms with Gasteiger partial charge in [-0.3, -0.25) is 10.6 Å². The Morgan fingerprint density at radius 2 is 2.09 bits per heavy atom. The predicted molar refractivity (Wildman–Crippen MR) is 42.7 cm³/mol. The molecule has 0 saturated carbocycles. The van der Waals surface area contributed by atoms with Gasteiger partial charge in [0, 0.05) is 5.56 Å². The van der Waals surface area contributed by atoms with E-state index in [2.05, 4.69) is 5.43 Å². The van der Waals surface area contributed by atoms with E-state index in [1.165, 1.54) is 0 Å². The number of nitrogens with one attached hydrogen (secondary N) is 1. The van der Waals surface area contributed by atoms with Crippen molar-refractivity contribution in [3.63, 3.8) is 0 Å². The van der Waals surface area contributed by atoms with Crippen molar-refractivity contribution in [2.45, 2.75) is 0 Å². The molecule has 56 valence electrons. The Balaban J connectivity index is 2.46. The Hall–Kier alpha value is -1.48. The van der Waals surface area contributed by atoms with Crippen LogP contribution in [0.1, 0.15) is 5.56 Å². The smallest absolute Gasteiger partial charge is 0.0638 e. The van der Waals surface area contributed by atoms with Crippen LogP contribution in [0.2, 0.25) is 0 Å². The summed E-state index contributed by atoms with van der Waals surface area (Å²) in [7, 11) is 0. The number of hydrogen-bond acceptors (Lipinski definition) is 3. The molecule has 1 aromatic rings. The van der Waals surface area contributed by atoms with E-state index >= 15 is 0 Å². The minimum Gasteiger partial charge on any atom is -0.275 e. The maximum Gasteiger partial charge on any atom is 0.0638 e. The van der Waals surface area contributed by atoms with E-state index in [1.807, 2.05) is 30.3 Å². The van der Waals surface area contributed by atoms with Gasteiger partial charge >= 0.3 is 0 Å². The zero-order valence-electron chi connectivity index (χ0n) is 5.86. The van der Waals surface area contributed by atoms with Gasteiger partial charge in [0.2, 0.25) is 0 Å². The molecule has 11 heavy (non-hydrogen) atoms. The Morgan fingerprint density at radius 3 is 3.00 bits per heavy atom. The van der Waals surface area contributed by atoms with Crippen LogP contribution in [0.25, 0.3) is 6.08 Å². The molecular weight excluding hydrogens is 140 g/mol. The second-order valence-corrected chi connectivity index (χ2v) is 2.36. The van der Waals surface area contributed by atoms with Crippen LogP contribution in [-0.4, -0.2) is 10.4 Å². The van der Waals surface area contributed by atoms with Crippen molar-refractivity contribution in [2.24, 2.45) is 0 Å². The molecule has 0 saturated heterocycles. The Kier molecular flexibility index (Phi) is 1.30. The van der Waals surface area contributed by atoms with E-state index in [0.717, 1.165) is 16.4 Å². The van der Waals surface area contributed by atoms with Gasteiger partial charge in [0.1, 0.15) is 0 Å². The first-order valence-electron chi connectivity index (χ1n) is 3.38. The van der Waals surface area contributed by atoms with Crippen LogP contribution in [0, 0.1) is 0 Å².